The molecule has 80 valence electrons. The Morgan fingerprint density at radius 2 is 2.13 bits per heavy atom. The third-order valence-electron chi connectivity index (χ3n) is 1.91. The Morgan fingerprint density at radius 3 is 2.60 bits per heavy atom. The summed E-state index contributed by atoms with van der Waals surface area (Å²) >= 11 is 1.36. The molecule has 2 nitrogen and oxygen atoms in total. The molecule has 0 fully saturated rings. The lowest BCUT2D eigenvalue weighted by molar-refractivity contribution is -0.144. The van der Waals surface area contributed by atoms with Gasteiger partial charge in [0.05, 0.1) is 4.88 Å². The summed E-state index contributed by atoms with van der Waals surface area (Å²) in [7, 11) is 0. The first-order valence-electron chi connectivity index (χ1n) is 4.16. The van der Waals surface area contributed by atoms with Crippen LogP contribution in [0.25, 0.3) is 10.6 Å². The van der Waals surface area contributed by atoms with E-state index in [1.54, 1.807) is 24.4 Å². The minimum absolute atomic E-state index is 0.373. The molecule has 0 spiro atoms. The molecule has 15 heavy (non-hydrogen) atoms. The number of rotatable bonds is 1. The van der Waals surface area contributed by atoms with Gasteiger partial charge >= 0.3 is 6.18 Å². The highest BCUT2D eigenvalue weighted by molar-refractivity contribution is 7.13. The monoisotopic (exact) mass is 232 g/mol. The number of aromatic nitrogens is 2. The van der Waals surface area contributed by atoms with E-state index in [0.29, 0.717) is 11.4 Å². The average Bonchev–Trinajstić information content (AvgIpc) is 2.69. The Balaban J connectivity index is 2.47. The SMILES string of the molecule is Cc1[nH]c(C(F)(F)F)nc1-c1cccs1. The van der Waals surface area contributed by atoms with Crippen molar-refractivity contribution in [2.75, 3.05) is 0 Å². The van der Waals surface area contributed by atoms with E-state index >= 15 is 0 Å². The van der Waals surface area contributed by atoms with Gasteiger partial charge in [0.2, 0.25) is 5.82 Å². The van der Waals surface area contributed by atoms with Crippen molar-refractivity contribution in [1.82, 2.24) is 9.97 Å². The number of imidazole rings is 1. The number of alkyl halides is 3. The highest BCUT2D eigenvalue weighted by Gasteiger charge is 2.35. The zero-order valence-electron chi connectivity index (χ0n) is 7.72. The summed E-state index contributed by atoms with van der Waals surface area (Å²) in [6.07, 6.45) is -4.42. The Kier molecular flexibility index (Phi) is 2.30. The Bertz CT molecular complexity index is 456. The number of hydrogen-bond acceptors (Lipinski definition) is 2. The molecule has 2 aromatic rings. The van der Waals surface area contributed by atoms with Crippen LogP contribution in [0.2, 0.25) is 0 Å². The van der Waals surface area contributed by atoms with E-state index in [2.05, 4.69) is 9.97 Å². The minimum atomic E-state index is -4.42. The Morgan fingerprint density at radius 1 is 1.40 bits per heavy atom. The number of halogens is 3. The molecule has 2 heterocycles. The van der Waals surface area contributed by atoms with E-state index < -0.39 is 12.0 Å². The smallest absolute Gasteiger partial charge is 0.338 e. The van der Waals surface area contributed by atoms with Crippen molar-refractivity contribution in [3.05, 3.63) is 29.0 Å². The van der Waals surface area contributed by atoms with Gasteiger partial charge in [-0.1, -0.05) is 6.07 Å². The van der Waals surface area contributed by atoms with E-state index in [1.807, 2.05) is 0 Å². The van der Waals surface area contributed by atoms with E-state index in [0.717, 1.165) is 4.88 Å². The normalized spacial score (nSPS) is 12.0. The summed E-state index contributed by atoms with van der Waals surface area (Å²) in [6, 6.07) is 3.52. The molecule has 0 aromatic carbocycles. The molecule has 0 amide bonds. The van der Waals surface area contributed by atoms with Gasteiger partial charge in [-0.25, -0.2) is 4.98 Å². The molecule has 2 aromatic heterocycles. The van der Waals surface area contributed by atoms with Crippen molar-refractivity contribution >= 4 is 11.3 Å². The van der Waals surface area contributed by atoms with Crippen LogP contribution in [-0.4, -0.2) is 9.97 Å². The zero-order valence-corrected chi connectivity index (χ0v) is 8.54. The van der Waals surface area contributed by atoms with Crippen molar-refractivity contribution in [2.45, 2.75) is 13.1 Å². The van der Waals surface area contributed by atoms with Gasteiger partial charge < -0.3 is 4.98 Å². The lowest BCUT2D eigenvalue weighted by Crippen LogP contribution is -2.07. The van der Waals surface area contributed by atoms with E-state index in [1.165, 1.54) is 11.3 Å². The molecular formula is C9H7F3N2S. The summed E-state index contributed by atoms with van der Waals surface area (Å²) in [5, 5.41) is 1.80. The van der Waals surface area contributed by atoms with Gasteiger partial charge in [0.1, 0.15) is 5.69 Å². The van der Waals surface area contributed by atoms with Crippen molar-refractivity contribution in [2.24, 2.45) is 0 Å². The second kappa shape index (κ2) is 3.37. The van der Waals surface area contributed by atoms with E-state index in [-0.39, 0.29) is 0 Å². The summed E-state index contributed by atoms with van der Waals surface area (Å²) < 4.78 is 37.0. The van der Waals surface area contributed by atoms with Crippen LogP contribution >= 0.6 is 11.3 Å². The predicted molar refractivity (Wildman–Crippen MR) is 51.6 cm³/mol. The molecule has 0 saturated heterocycles. The van der Waals surface area contributed by atoms with Gasteiger partial charge in [-0.3, -0.25) is 0 Å². The lowest BCUT2D eigenvalue weighted by Gasteiger charge is -1.99. The molecule has 0 aliphatic carbocycles. The first kappa shape index (κ1) is 10.2. The fourth-order valence-electron chi connectivity index (χ4n) is 1.25. The van der Waals surface area contributed by atoms with Crippen molar-refractivity contribution in [3.8, 4) is 10.6 Å². The van der Waals surface area contributed by atoms with Gasteiger partial charge in [-0.2, -0.15) is 13.2 Å². The van der Waals surface area contributed by atoms with Crippen LogP contribution in [0.3, 0.4) is 0 Å². The molecule has 0 aliphatic heterocycles. The Labute approximate surface area is 87.8 Å². The van der Waals surface area contributed by atoms with Crippen LogP contribution in [0.1, 0.15) is 11.5 Å². The second-order valence-electron chi connectivity index (χ2n) is 3.03. The molecule has 0 radical (unpaired) electrons. The minimum Gasteiger partial charge on any atom is -0.338 e. The molecule has 1 N–H and O–H groups in total. The van der Waals surface area contributed by atoms with Crippen LogP contribution < -0.4 is 0 Å². The van der Waals surface area contributed by atoms with Gasteiger partial charge in [0.15, 0.2) is 0 Å². The summed E-state index contributed by atoms with van der Waals surface area (Å²) in [4.78, 5) is 6.53. The van der Waals surface area contributed by atoms with Crippen LogP contribution in [0.4, 0.5) is 13.2 Å². The zero-order chi connectivity index (χ0) is 11.1. The van der Waals surface area contributed by atoms with Gasteiger partial charge in [0.25, 0.3) is 0 Å². The number of thiophene rings is 1. The van der Waals surface area contributed by atoms with Gasteiger partial charge in [0, 0.05) is 5.69 Å². The van der Waals surface area contributed by atoms with Crippen molar-refractivity contribution < 1.29 is 13.2 Å². The number of aromatic amines is 1. The summed E-state index contributed by atoms with van der Waals surface area (Å²) in [5.74, 6) is -0.941. The predicted octanol–water partition coefficient (Wildman–Crippen LogP) is 3.47. The molecule has 0 aliphatic rings. The van der Waals surface area contributed by atoms with Gasteiger partial charge in [-0.05, 0) is 18.4 Å². The molecule has 0 bridgehead atoms. The molecular weight excluding hydrogens is 225 g/mol. The molecule has 0 saturated carbocycles. The molecule has 0 unspecified atom stereocenters. The maximum Gasteiger partial charge on any atom is 0.449 e. The first-order valence-corrected chi connectivity index (χ1v) is 5.04. The maximum absolute atomic E-state index is 12.3. The number of aryl methyl sites for hydroxylation is 1. The summed E-state index contributed by atoms with van der Waals surface area (Å²) in [6.45, 7) is 1.58. The van der Waals surface area contributed by atoms with Crippen LogP contribution in [0.15, 0.2) is 17.5 Å². The highest BCUT2D eigenvalue weighted by atomic mass is 32.1. The first-order chi connectivity index (χ1) is 6.98. The van der Waals surface area contributed by atoms with E-state index in [9.17, 15) is 13.2 Å². The van der Waals surface area contributed by atoms with E-state index in [4.69, 9.17) is 0 Å². The largest absolute Gasteiger partial charge is 0.449 e. The van der Waals surface area contributed by atoms with Crippen LogP contribution in [-0.2, 0) is 6.18 Å². The molecule has 2 rings (SSSR count). The fourth-order valence-corrected chi connectivity index (χ4v) is 2.02. The lowest BCUT2D eigenvalue weighted by atomic mass is 10.3. The summed E-state index contributed by atoms with van der Waals surface area (Å²) in [5.41, 5.74) is 0.808. The maximum atomic E-state index is 12.3. The fraction of sp³-hybridized carbons (Fsp3) is 0.222. The van der Waals surface area contributed by atoms with Crippen molar-refractivity contribution in [1.29, 1.82) is 0 Å². The van der Waals surface area contributed by atoms with Gasteiger partial charge in [-0.15, -0.1) is 11.3 Å². The number of nitrogens with zero attached hydrogens (tertiary/aromatic N) is 1. The average molecular weight is 232 g/mol. The number of H-pyrrole nitrogens is 1. The topological polar surface area (TPSA) is 28.7 Å². The molecule has 6 heteroatoms. The van der Waals surface area contributed by atoms with Crippen molar-refractivity contribution in [3.63, 3.8) is 0 Å². The highest BCUT2D eigenvalue weighted by Crippen LogP contribution is 2.32. The molecule has 0 atom stereocenters. The standard InChI is InChI=1S/C9H7F3N2S/c1-5-7(6-3-2-4-15-6)14-8(13-5)9(10,11)12/h2-4H,1H3,(H,13,14). The quantitative estimate of drug-likeness (QED) is 0.801. The van der Waals surface area contributed by atoms with Crippen LogP contribution in [0, 0.1) is 6.92 Å². The second-order valence-corrected chi connectivity index (χ2v) is 3.98. The number of nitrogens with one attached hydrogen (secondary N) is 1. The third kappa shape index (κ3) is 1.90. The van der Waals surface area contributed by atoms with Crippen LogP contribution in [0.5, 0.6) is 0 Å². The third-order valence-corrected chi connectivity index (χ3v) is 2.78. The number of hydrogen-bond donors (Lipinski definition) is 1. The Hall–Kier alpha value is -1.30.